The summed E-state index contributed by atoms with van der Waals surface area (Å²) in [6.07, 6.45) is 1.74. The summed E-state index contributed by atoms with van der Waals surface area (Å²) in [7, 11) is 1.67. The van der Waals surface area contributed by atoms with Crippen LogP contribution in [0.15, 0.2) is 36.5 Å². The molecule has 1 aromatic carbocycles. The van der Waals surface area contributed by atoms with Gasteiger partial charge in [0.15, 0.2) is 0 Å². The Morgan fingerprint density at radius 2 is 2.00 bits per heavy atom. The molecule has 2 aromatic rings. The van der Waals surface area contributed by atoms with Crippen molar-refractivity contribution < 1.29 is 4.74 Å². The van der Waals surface area contributed by atoms with E-state index in [2.05, 4.69) is 39.7 Å². The van der Waals surface area contributed by atoms with Crippen LogP contribution >= 0.6 is 0 Å². The van der Waals surface area contributed by atoms with E-state index in [1.54, 1.807) is 13.3 Å². The third-order valence-corrected chi connectivity index (χ3v) is 2.97. The minimum atomic E-state index is 0.608. The first kappa shape index (κ1) is 14.3. The monoisotopic (exact) mass is 272 g/mol. The minimum absolute atomic E-state index is 0.608. The smallest absolute Gasteiger partial charge is 0.224 e. The van der Waals surface area contributed by atoms with Gasteiger partial charge in [-0.2, -0.15) is 4.98 Å². The predicted octanol–water partition coefficient (Wildman–Crippen LogP) is 2.46. The zero-order chi connectivity index (χ0) is 14.2. The Balaban J connectivity index is 1.93. The zero-order valence-electron chi connectivity index (χ0n) is 11.9. The fourth-order valence-electron chi connectivity index (χ4n) is 1.80. The number of hydrogen-bond donors (Lipinski definition) is 2. The highest BCUT2D eigenvalue weighted by Crippen LogP contribution is 2.11. The first-order valence-corrected chi connectivity index (χ1v) is 6.64. The molecule has 20 heavy (non-hydrogen) atoms. The number of methoxy groups -OCH3 is 1. The molecule has 106 valence electrons. The Morgan fingerprint density at radius 1 is 1.15 bits per heavy atom. The topological polar surface area (TPSA) is 59.1 Å². The Bertz CT molecular complexity index is 545. The molecule has 1 heterocycles. The van der Waals surface area contributed by atoms with E-state index in [4.69, 9.17) is 4.74 Å². The van der Waals surface area contributed by atoms with Crippen LogP contribution in [-0.4, -0.2) is 30.2 Å². The maximum atomic E-state index is 4.98. The van der Waals surface area contributed by atoms with Gasteiger partial charge in [-0.15, -0.1) is 0 Å². The Hall–Kier alpha value is -2.14. The van der Waals surface area contributed by atoms with Crippen LogP contribution in [0.5, 0.6) is 0 Å². The molecule has 0 atom stereocenters. The lowest BCUT2D eigenvalue weighted by Gasteiger charge is -2.09. The second-order valence-electron chi connectivity index (χ2n) is 4.47. The lowest BCUT2D eigenvalue weighted by Crippen LogP contribution is -2.11. The van der Waals surface area contributed by atoms with Crippen LogP contribution in [0.4, 0.5) is 11.8 Å². The van der Waals surface area contributed by atoms with E-state index in [9.17, 15) is 0 Å². The molecule has 5 heteroatoms. The Kier molecular flexibility index (Phi) is 5.32. The van der Waals surface area contributed by atoms with Crippen molar-refractivity contribution in [2.75, 3.05) is 30.9 Å². The average Bonchev–Trinajstić information content (AvgIpc) is 2.47. The molecule has 0 aliphatic carbocycles. The van der Waals surface area contributed by atoms with Gasteiger partial charge in [-0.05, 0) is 24.1 Å². The fourth-order valence-corrected chi connectivity index (χ4v) is 1.80. The van der Waals surface area contributed by atoms with Gasteiger partial charge >= 0.3 is 0 Å². The van der Waals surface area contributed by atoms with Crippen LogP contribution in [0.3, 0.4) is 0 Å². The minimum Gasteiger partial charge on any atom is -0.383 e. The molecule has 0 radical (unpaired) electrons. The first-order chi connectivity index (χ1) is 9.79. The molecule has 1 aromatic heterocycles. The second kappa shape index (κ2) is 7.45. The maximum Gasteiger partial charge on any atom is 0.224 e. The molecule has 0 fully saturated rings. The van der Waals surface area contributed by atoms with Crippen molar-refractivity contribution in [1.82, 2.24) is 9.97 Å². The number of aryl methyl sites for hydroxylation is 1. The van der Waals surface area contributed by atoms with Crippen LogP contribution < -0.4 is 10.6 Å². The van der Waals surface area contributed by atoms with Crippen molar-refractivity contribution in [2.24, 2.45) is 0 Å². The van der Waals surface area contributed by atoms with Crippen molar-refractivity contribution in [1.29, 1.82) is 0 Å². The number of anilines is 2. The average molecular weight is 272 g/mol. The SMILES string of the molecule is COCCNc1nccc(NCc2ccccc2C)n1. The summed E-state index contributed by atoms with van der Waals surface area (Å²) in [5.74, 6) is 1.42. The highest BCUT2D eigenvalue weighted by molar-refractivity contribution is 5.41. The van der Waals surface area contributed by atoms with Crippen molar-refractivity contribution in [3.05, 3.63) is 47.7 Å². The molecular formula is C15H20N4O. The number of ether oxygens (including phenoxy) is 1. The van der Waals surface area contributed by atoms with Crippen LogP contribution in [0.1, 0.15) is 11.1 Å². The van der Waals surface area contributed by atoms with E-state index in [-0.39, 0.29) is 0 Å². The quantitative estimate of drug-likeness (QED) is 0.758. The van der Waals surface area contributed by atoms with Crippen molar-refractivity contribution in [3.63, 3.8) is 0 Å². The first-order valence-electron chi connectivity index (χ1n) is 6.64. The van der Waals surface area contributed by atoms with Gasteiger partial charge < -0.3 is 15.4 Å². The van der Waals surface area contributed by atoms with Crippen LogP contribution in [0.25, 0.3) is 0 Å². The summed E-state index contributed by atoms with van der Waals surface area (Å²) >= 11 is 0. The van der Waals surface area contributed by atoms with Crippen molar-refractivity contribution in [2.45, 2.75) is 13.5 Å². The van der Waals surface area contributed by atoms with Crippen LogP contribution in [0.2, 0.25) is 0 Å². The molecular weight excluding hydrogens is 252 g/mol. The third-order valence-electron chi connectivity index (χ3n) is 2.97. The normalized spacial score (nSPS) is 10.3. The fraction of sp³-hybridized carbons (Fsp3) is 0.333. The van der Waals surface area contributed by atoms with Gasteiger partial charge in [-0.25, -0.2) is 4.98 Å². The summed E-state index contributed by atoms with van der Waals surface area (Å²) in [5, 5.41) is 6.42. The zero-order valence-corrected chi connectivity index (χ0v) is 11.9. The molecule has 2 N–H and O–H groups in total. The molecule has 0 spiro atoms. The number of rotatable bonds is 7. The molecule has 0 unspecified atom stereocenters. The van der Waals surface area contributed by atoms with Gasteiger partial charge in [0.2, 0.25) is 5.95 Å². The highest BCUT2D eigenvalue weighted by atomic mass is 16.5. The predicted molar refractivity (Wildman–Crippen MR) is 80.9 cm³/mol. The standard InChI is InChI=1S/C15H20N4O/c1-12-5-3-4-6-13(12)11-18-14-7-8-16-15(19-14)17-9-10-20-2/h3-8H,9-11H2,1-2H3,(H2,16,17,18,19). The lowest BCUT2D eigenvalue weighted by molar-refractivity contribution is 0.210. The number of hydrogen-bond acceptors (Lipinski definition) is 5. The van der Waals surface area contributed by atoms with E-state index in [0.717, 1.165) is 12.4 Å². The van der Waals surface area contributed by atoms with E-state index in [1.807, 2.05) is 18.2 Å². The number of benzene rings is 1. The summed E-state index contributed by atoms with van der Waals surface area (Å²) in [6.45, 7) is 4.18. The lowest BCUT2D eigenvalue weighted by atomic mass is 10.1. The summed E-state index contributed by atoms with van der Waals surface area (Å²) < 4.78 is 4.98. The van der Waals surface area contributed by atoms with Gasteiger partial charge in [-0.1, -0.05) is 24.3 Å². The molecule has 0 aliphatic rings. The van der Waals surface area contributed by atoms with E-state index >= 15 is 0 Å². The van der Waals surface area contributed by atoms with Crippen LogP contribution in [0, 0.1) is 6.92 Å². The largest absolute Gasteiger partial charge is 0.383 e. The maximum absolute atomic E-state index is 4.98. The van der Waals surface area contributed by atoms with E-state index in [1.165, 1.54) is 11.1 Å². The number of aromatic nitrogens is 2. The summed E-state index contributed by atoms with van der Waals surface area (Å²) in [5.41, 5.74) is 2.53. The molecule has 2 rings (SSSR count). The molecule has 0 saturated heterocycles. The van der Waals surface area contributed by atoms with Gasteiger partial charge in [0.05, 0.1) is 6.61 Å². The third kappa shape index (κ3) is 4.20. The van der Waals surface area contributed by atoms with Gasteiger partial charge in [-0.3, -0.25) is 0 Å². The number of nitrogens with zero attached hydrogens (tertiary/aromatic N) is 2. The van der Waals surface area contributed by atoms with Crippen LogP contribution in [-0.2, 0) is 11.3 Å². The van der Waals surface area contributed by atoms with Crippen molar-refractivity contribution in [3.8, 4) is 0 Å². The Labute approximate surface area is 119 Å². The molecule has 0 bridgehead atoms. The molecule has 0 aliphatic heterocycles. The number of nitrogens with one attached hydrogen (secondary N) is 2. The molecule has 5 nitrogen and oxygen atoms in total. The van der Waals surface area contributed by atoms with E-state index < -0.39 is 0 Å². The van der Waals surface area contributed by atoms with Gasteiger partial charge in [0, 0.05) is 26.4 Å². The van der Waals surface area contributed by atoms with E-state index in [0.29, 0.717) is 19.1 Å². The van der Waals surface area contributed by atoms with Gasteiger partial charge in [0.1, 0.15) is 5.82 Å². The summed E-state index contributed by atoms with van der Waals surface area (Å²) in [4.78, 5) is 8.57. The van der Waals surface area contributed by atoms with Gasteiger partial charge in [0.25, 0.3) is 0 Å². The summed E-state index contributed by atoms with van der Waals surface area (Å²) in [6, 6.07) is 10.2. The van der Waals surface area contributed by atoms with Crippen molar-refractivity contribution >= 4 is 11.8 Å². The molecule has 0 amide bonds. The highest BCUT2D eigenvalue weighted by Gasteiger charge is 2.00. The molecule has 0 saturated carbocycles. The second-order valence-corrected chi connectivity index (χ2v) is 4.47. The Morgan fingerprint density at radius 3 is 2.80 bits per heavy atom.